The summed E-state index contributed by atoms with van der Waals surface area (Å²) in [5, 5.41) is 3.24. The zero-order valence-electron chi connectivity index (χ0n) is 17.9. The van der Waals surface area contributed by atoms with Gasteiger partial charge in [0.2, 0.25) is 10.0 Å². The van der Waals surface area contributed by atoms with Crippen molar-refractivity contribution >= 4 is 21.9 Å². The highest BCUT2D eigenvalue weighted by atomic mass is 32.2. The third kappa shape index (κ3) is 6.08. The van der Waals surface area contributed by atoms with Crippen LogP contribution in [0.25, 0.3) is 0 Å². The molecule has 2 aromatic rings. The molecule has 0 radical (unpaired) electrons. The lowest BCUT2D eigenvalue weighted by Crippen LogP contribution is -2.53. The molecule has 1 fully saturated rings. The monoisotopic (exact) mass is 447 g/mol. The topological polar surface area (TPSA) is 107 Å². The molecule has 31 heavy (non-hydrogen) atoms. The average molecular weight is 448 g/mol. The Kier molecular flexibility index (Phi) is 7.69. The molecule has 1 aliphatic rings. The van der Waals surface area contributed by atoms with Gasteiger partial charge in [-0.05, 0) is 38.1 Å². The maximum atomic E-state index is 12.4. The van der Waals surface area contributed by atoms with Crippen LogP contribution in [0.2, 0.25) is 0 Å². The van der Waals surface area contributed by atoms with Crippen molar-refractivity contribution in [1.82, 2.24) is 19.8 Å². The van der Waals surface area contributed by atoms with Crippen molar-refractivity contribution in [3.63, 3.8) is 0 Å². The Bertz CT molecular complexity index is 979. The lowest BCUT2D eigenvalue weighted by atomic mass is 10.2. The number of aliphatic imine (C=N–C) groups is 1. The van der Waals surface area contributed by atoms with Crippen molar-refractivity contribution in [2.45, 2.75) is 18.7 Å². The summed E-state index contributed by atoms with van der Waals surface area (Å²) >= 11 is 0. The van der Waals surface area contributed by atoms with E-state index in [1.54, 1.807) is 41.3 Å². The highest BCUT2D eigenvalue weighted by Crippen LogP contribution is 2.11. The molecular formula is C21H29N5O4S. The molecule has 3 rings (SSSR count). The lowest BCUT2D eigenvalue weighted by molar-refractivity contribution is 0.0657. The van der Waals surface area contributed by atoms with Crippen LogP contribution in [0.1, 0.15) is 23.0 Å². The first-order valence-electron chi connectivity index (χ1n) is 10.3. The van der Waals surface area contributed by atoms with Crippen molar-refractivity contribution < 1.29 is 17.6 Å². The fourth-order valence-electron chi connectivity index (χ4n) is 3.25. The van der Waals surface area contributed by atoms with Gasteiger partial charge in [-0.3, -0.25) is 9.79 Å². The van der Waals surface area contributed by atoms with Crippen LogP contribution < -0.4 is 10.0 Å². The minimum Gasteiger partial charge on any atom is -0.459 e. The molecule has 1 aromatic carbocycles. The molecule has 0 unspecified atom stereocenters. The summed E-state index contributed by atoms with van der Waals surface area (Å²) in [7, 11) is -3.56. The second-order valence-corrected chi connectivity index (χ2v) is 8.97. The van der Waals surface area contributed by atoms with E-state index in [2.05, 4.69) is 19.9 Å². The van der Waals surface area contributed by atoms with Gasteiger partial charge in [0.1, 0.15) is 0 Å². The van der Waals surface area contributed by atoms with Gasteiger partial charge < -0.3 is 19.5 Å². The third-order valence-electron chi connectivity index (χ3n) is 4.93. The van der Waals surface area contributed by atoms with Crippen molar-refractivity contribution in [2.75, 3.05) is 45.8 Å². The predicted octanol–water partition coefficient (Wildman–Crippen LogP) is 1.29. The molecule has 1 amide bonds. The van der Waals surface area contributed by atoms with Gasteiger partial charge >= 0.3 is 0 Å². The van der Waals surface area contributed by atoms with Gasteiger partial charge in [-0.1, -0.05) is 17.7 Å². The number of nitrogens with zero attached hydrogens (tertiary/aromatic N) is 3. The second kappa shape index (κ2) is 10.5. The van der Waals surface area contributed by atoms with Crippen LogP contribution in [0.5, 0.6) is 0 Å². The molecule has 168 valence electrons. The van der Waals surface area contributed by atoms with Crippen LogP contribution in [-0.2, 0) is 10.0 Å². The van der Waals surface area contributed by atoms with E-state index in [-0.39, 0.29) is 17.3 Å². The van der Waals surface area contributed by atoms with E-state index in [4.69, 9.17) is 4.42 Å². The van der Waals surface area contributed by atoms with Gasteiger partial charge in [-0.15, -0.1) is 0 Å². The Morgan fingerprint density at radius 1 is 1.10 bits per heavy atom. The van der Waals surface area contributed by atoms with Crippen LogP contribution in [0.3, 0.4) is 0 Å². The van der Waals surface area contributed by atoms with Crippen LogP contribution in [0.4, 0.5) is 0 Å². The number of hydrogen-bond donors (Lipinski definition) is 2. The molecule has 0 aliphatic carbocycles. The molecule has 2 heterocycles. The number of furan rings is 1. The number of benzene rings is 1. The summed E-state index contributed by atoms with van der Waals surface area (Å²) in [5.41, 5.74) is 1.00. The molecule has 0 saturated carbocycles. The molecule has 1 saturated heterocycles. The molecule has 9 nitrogen and oxygen atoms in total. The average Bonchev–Trinajstić information content (AvgIpc) is 3.31. The number of sulfonamides is 1. The van der Waals surface area contributed by atoms with Crippen LogP contribution in [0.15, 0.2) is 57.0 Å². The first-order valence-corrected chi connectivity index (χ1v) is 11.8. The normalized spacial score (nSPS) is 15.2. The number of aryl methyl sites for hydroxylation is 1. The fraction of sp³-hybridized carbons (Fsp3) is 0.429. The maximum Gasteiger partial charge on any atom is 0.289 e. The summed E-state index contributed by atoms with van der Waals surface area (Å²) in [6.45, 7) is 7.47. The lowest BCUT2D eigenvalue weighted by Gasteiger charge is -2.36. The Morgan fingerprint density at radius 2 is 1.77 bits per heavy atom. The highest BCUT2D eigenvalue weighted by Gasteiger charge is 2.25. The van der Waals surface area contributed by atoms with Gasteiger partial charge in [0.05, 0.1) is 17.7 Å². The molecule has 0 bridgehead atoms. The SMILES string of the molecule is CCNC(=NCCNS(=O)(=O)c1ccc(C)cc1)N1CCN(C(=O)c2ccco2)CC1. The third-order valence-corrected chi connectivity index (χ3v) is 6.41. The Hall–Kier alpha value is -2.85. The van der Waals surface area contributed by atoms with Crippen molar-refractivity contribution in [3.8, 4) is 0 Å². The molecule has 0 atom stereocenters. The molecule has 1 aliphatic heterocycles. The van der Waals surface area contributed by atoms with Gasteiger partial charge in [-0.25, -0.2) is 13.1 Å². The van der Waals surface area contributed by atoms with E-state index in [1.807, 2.05) is 13.8 Å². The Labute approximate surface area is 183 Å². The van der Waals surface area contributed by atoms with Crippen LogP contribution in [0, 0.1) is 6.92 Å². The summed E-state index contributed by atoms with van der Waals surface area (Å²) < 4.78 is 32.5. The van der Waals surface area contributed by atoms with E-state index in [1.165, 1.54) is 6.26 Å². The summed E-state index contributed by atoms with van der Waals surface area (Å²) in [6, 6.07) is 10.1. The second-order valence-electron chi connectivity index (χ2n) is 7.20. The number of nitrogens with one attached hydrogen (secondary N) is 2. The number of hydrogen-bond acceptors (Lipinski definition) is 5. The van der Waals surface area contributed by atoms with E-state index in [0.29, 0.717) is 51.0 Å². The minimum absolute atomic E-state index is 0.114. The Morgan fingerprint density at radius 3 is 2.39 bits per heavy atom. The molecule has 10 heteroatoms. The van der Waals surface area contributed by atoms with Gasteiger partial charge in [0.25, 0.3) is 5.91 Å². The molecule has 1 aromatic heterocycles. The molecule has 2 N–H and O–H groups in total. The summed E-state index contributed by atoms with van der Waals surface area (Å²) in [6.07, 6.45) is 1.49. The predicted molar refractivity (Wildman–Crippen MR) is 119 cm³/mol. The zero-order valence-corrected chi connectivity index (χ0v) is 18.7. The van der Waals surface area contributed by atoms with E-state index in [9.17, 15) is 13.2 Å². The number of amides is 1. The van der Waals surface area contributed by atoms with Crippen molar-refractivity contribution in [1.29, 1.82) is 0 Å². The van der Waals surface area contributed by atoms with E-state index < -0.39 is 10.0 Å². The molecular weight excluding hydrogens is 418 g/mol. The maximum absolute atomic E-state index is 12.4. The number of guanidine groups is 1. The number of carbonyl (C=O) groups is 1. The standard InChI is InChI=1S/C21H29N5O4S/c1-3-22-21(23-10-11-24-31(28,29)18-8-6-17(2)7-9-18)26-14-12-25(13-15-26)20(27)19-5-4-16-30-19/h4-9,16,24H,3,10-15H2,1-2H3,(H,22,23). The quantitative estimate of drug-likeness (QED) is 0.376. The van der Waals surface area contributed by atoms with Gasteiger partial charge in [0.15, 0.2) is 11.7 Å². The first-order chi connectivity index (χ1) is 14.9. The first kappa shape index (κ1) is 22.8. The fourth-order valence-corrected chi connectivity index (χ4v) is 4.27. The number of piperazine rings is 1. The number of carbonyl (C=O) groups excluding carboxylic acids is 1. The van der Waals surface area contributed by atoms with Crippen molar-refractivity contribution in [3.05, 3.63) is 54.0 Å². The smallest absolute Gasteiger partial charge is 0.289 e. The van der Waals surface area contributed by atoms with Crippen molar-refractivity contribution in [2.24, 2.45) is 4.99 Å². The zero-order chi connectivity index (χ0) is 22.3. The number of rotatable bonds is 7. The minimum atomic E-state index is -3.56. The highest BCUT2D eigenvalue weighted by molar-refractivity contribution is 7.89. The molecule has 0 spiro atoms. The van der Waals surface area contributed by atoms with E-state index in [0.717, 1.165) is 5.56 Å². The van der Waals surface area contributed by atoms with Crippen LogP contribution in [-0.4, -0.2) is 75.9 Å². The summed E-state index contributed by atoms with van der Waals surface area (Å²) in [5.74, 6) is 0.939. The van der Waals surface area contributed by atoms with Gasteiger partial charge in [-0.2, -0.15) is 0 Å². The van der Waals surface area contributed by atoms with Crippen LogP contribution >= 0.6 is 0 Å². The van der Waals surface area contributed by atoms with Gasteiger partial charge in [0, 0.05) is 39.3 Å². The largest absolute Gasteiger partial charge is 0.459 e. The summed E-state index contributed by atoms with van der Waals surface area (Å²) in [4.78, 5) is 21.0. The Balaban J connectivity index is 1.52. The van der Waals surface area contributed by atoms with E-state index >= 15 is 0 Å².